The molecule has 3 aromatic heterocycles. The molecule has 0 aliphatic rings. The number of nitrogens with zero attached hydrogens (tertiary/aromatic N) is 2. The number of furan rings is 1. The number of carbonyl (C=O) groups is 2. The number of benzene rings is 1. The summed E-state index contributed by atoms with van der Waals surface area (Å²) in [6.07, 6.45) is 0. The molecule has 0 radical (unpaired) electrons. The second-order valence-corrected chi connectivity index (χ2v) is 8.35. The largest absolute Gasteiger partial charge is 0.466 e. The van der Waals surface area contributed by atoms with Gasteiger partial charge in [0.15, 0.2) is 0 Å². The van der Waals surface area contributed by atoms with Crippen LogP contribution in [0.1, 0.15) is 47.0 Å². The third-order valence-electron chi connectivity index (χ3n) is 5.38. The van der Waals surface area contributed by atoms with Crippen LogP contribution in [0.2, 0.25) is 0 Å². The minimum absolute atomic E-state index is 0.0410. The molecule has 33 heavy (non-hydrogen) atoms. The molecule has 0 aliphatic heterocycles. The average molecular weight is 447 g/mol. The van der Waals surface area contributed by atoms with Gasteiger partial charge in [0.25, 0.3) is 11.6 Å². The van der Waals surface area contributed by atoms with Crippen molar-refractivity contribution in [3.63, 3.8) is 0 Å². The smallest absolute Gasteiger partial charge is 0.259 e. The molecular formula is C25H26N4O4. The minimum atomic E-state index is -0.259. The summed E-state index contributed by atoms with van der Waals surface area (Å²) in [6, 6.07) is 11.0. The van der Waals surface area contributed by atoms with E-state index in [1.165, 1.54) is 0 Å². The molecule has 0 spiro atoms. The van der Waals surface area contributed by atoms with E-state index in [2.05, 4.69) is 20.8 Å². The van der Waals surface area contributed by atoms with Gasteiger partial charge in [0, 0.05) is 23.7 Å². The van der Waals surface area contributed by atoms with Crippen molar-refractivity contribution in [2.45, 2.75) is 41.2 Å². The molecule has 0 bridgehead atoms. The Balaban J connectivity index is 1.56. The Labute approximate surface area is 191 Å². The van der Waals surface area contributed by atoms with E-state index in [-0.39, 0.29) is 17.7 Å². The van der Waals surface area contributed by atoms with Gasteiger partial charge in [-0.1, -0.05) is 31.1 Å². The topological polar surface area (TPSA) is 110 Å². The lowest BCUT2D eigenvalue weighted by molar-refractivity contribution is -0.118. The number of carbonyl (C=O) groups excluding carboxylic acids is 2. The molecule has 2 amide bonds. The molecule has 8 nitrogen and oxygen atoms in total. The van der Waals surface area contributed by atoms with Crippen LogP contribution in [0.4, 0.5) is 5.69 Å². The fourth-order valence-corrected chi connectivity index (χ4v) is 3.57. The number of fused-ring (bicyclic) bond motifs is 1. The zero-order chi connectivity index (χ0) is 23.7. The van der Waals surface area contributed by atoms with Gasteiger partial charge in [0.05, 0.1) is 22.3 Å². The summed E-state index contributed by atoms with van der Waals surface area (Å²) in [6.45, 7) is 9.50. The number of aromatic nitrogens is 2. The number of anilines is 1. The Morgan fingerprint density at radius 1 is 1.06 bits per heavy atom. The zero-order valence-electron chi connectivity index (χ0n) is 19.3. The highest BCUT2D eigenvalue weighted by Gasteiger charge is 2.21. The quantitative estimate of drug-likeness (QED) is 0.434. The molecule has 3 heterocycles. The molecule has 170 valence electrons. The van der Waals surface area contributed by atoms with Gasteiger partial charge in [-0.3, -0.25) is 9.59 Å². The van der Waals surface area contributed by atoms with Crippen LogP contribution in [-0.2, 0) is 11.3 Å². The first-order valence-corrected chi connectivity index (χ1v) is 10.8. The van der Waals surface area contributed by atoms with Crippen molar-refractivity contribution in [2.75, 3.05) is 5.32 Å². The highest BCUT2D eigenvalue weighted by Crippen LogP contribution is 2.30. The summed E-state index contributed by atoms with van der Waals surface area (Å²) in [7, 11) is 0. The molecule has 0 aliphatic carbocycles. The highest BCUT2D eigenvalue weighted by molar-refractivity contribution is 6.07. The number of hydrogen-bond donors (Lipinski definition) is 2. The first-order chi connectivity index (χ1) is 15.7. The van der Waals surface area contributed by atoms with Gasteiger partial charge in [-0.15, -0.1) is 0 Å². The molecule has 0 atom stereocenters. The molecule has 0 fully saturated rings. The Morgan fingerprint density at radius 3 is 2.42 bits per heavy atom. The maximum Gasteiger partial charge on any atom is 0.259 e. The third kappa shape index (κ3) is 4.64. The molecule has 1 aromatic carbocycles. The van der Waals surface area contributed by atoms with Crippen LogP contribution in [-0.4, -0.2) is 22.0 Å². The maximum absolute atomic E-state index is 13.2. The molecule has 8 heteroatoms. The Morgan fingerprint density at radius 2 is 1.79 bits per heavy atom. The standard InChI is InChI=1S/C25H26N4O4/c1-13(2)23(30)27-18-8-6-17(7-9-18)12-26-24(31)20-11-21(19-10-14(3)32-16(19)5)28-25-22(20)15(4)29-33-25/h6-11,13H,12H2,1-5H3,(H,26,31)(H,27,30). The van der Waals surface area contributed by atoms with E-state index in [4.69, 9.17) is 8.94 Å². The predicted molar refractivity (Wildman–Crippen MR) is 125 cm³/mol. The van der Waals surface area contributed by atoms with Crippen molar-refractivity contribution in [1.82, 2.24) is 15.5 Å². The van der Waals surface area contributed by atoms with Gasteiger partial charge in [0.2, 0.25) is 5.91 Å². The average Bonchev–Trinajstić information content (AvgIpc) is 3.33. The number of rotatable bonds is 6. The van der Waals surface area contributed by atoms with Gasteiger partial charge in [0.1, 0.15) is 11.5 Å². The van der Waals surface area contributed by atoms with Crippen molar-refractivity contribution in [1.29, 1.82) is 0 Å². The lowest BCUT2D eigenvalue weighted by Crippen LogP contribution is -2.23. The monoisotopic (exact) mass is 446 g/mol. The highest BCUT2D eigenvalue weighted by atomic mass is 16.5. The van der Waals surface area contributed by atoms with E-state index >= 15 is 0 Å². The van der Waals surface area contributed by atoms with E-state index in [0.717, 1.165) is 22.6 Å². The first kappa shape index (κ1) is 22.3. The molecule has 4 aromatic rings. The number of hydrogen-bond acceptors (Lipinski definition) is 6. The summed E-state index contributed by atoms with van der Waals surface area (Å²) in [5.41, 5.74) is 4.35. The Bertz CT molecular complexity index is 1330. The summed E-state index contributed by atoms with van der Waals surface area (Å²) >= 11 is 0. The lowest BCUT2D eigenvalue weighted by Gasteiger charge is -2.10. The number of nitrogens with one attached hydrogen (secondary N) is 2. The summed E-state index contributed by atoms with van der Waals surface area (Å²) in [5.74, 6) is 1.08. The fraction of sp³-hybridized carbons (Fsp3) is 0.280. The van der Waals surface area contributed by atoms with Crippen LogP contribution in [0.3, 0.4) is 0 Å². The van der Waals surface area contributed by atoms with Gasteiger partial charge in [-0.25, -0.2) is 4.98 Å². The van der Waals surface area contributed by atoms with E-state index in [0.29, 0.717) is 40.4 Å². The van der Waals surface area contributed by atoms with Crippen molar-refractivity contribution >= 4 is 28.6 Å². The molecule has 4 rings (SSSR count). The zero-order valence-corrected chi connectivity index (χ0v) is 19.3. The number of pyridine rings is 1. The van der Waals surface area contributed by atoms with Gasteiger partial charge < -0.3 is 19.6 Å². The molecule has 0 saturated heterocycles. The Hall–Kier alpha value is -3.94. The second-order valence-electron chi connectivity index (χ2n) is 8.35. The van der Waals surface area contributed by atoms with Gasteiger partial charge in [-0.2, -0.15) is 0 Å². The van der Waals surface area contributed by atoms with E-state index in [1.807, 2.05) is 58.0 Å². The minimum Gasteiger partial charge on any atom is -0.466 e. The second kappa shape index (κ2) is 8.90. The molecular weight excluding hydrogens is 420 g/mol. The fourth-order valence-electron chi connectivity index (χ4n) is 3.57. The van der Waals surface area contributed by atoms with E-state index in [9.17, 15) is 9.59 Å². The van der Waals surface area contributed by atoms with Crippen LogP contribution in [0.5, 0.6) is 0 Å². The summed E-state index contributed by atoms with van der Waals surface area (Å²) in [5, 5.41) is 10.4. The van der Waals surface area contributed by atoms with Crippen molar-refractivity contribution < 1.29 is 18.5 Å². The predicted octanol–water partition coefficient (Wildman–Crippen LogP) is 4.93. The first-order valence-electron chi connectivity index (χ1n) is 10.8. The Kier molecular flexibility index (Phi) is 6.00. The normalized spacial score (nSPS) is 11.2. The van der Waals surface area contributed by atoms with Crippen LogP contribution in [0.15, 0.2) is 45.3 Å². The summed E-state index contributed by atoms with van der Waals surface area (Å²) in [4.78, 5) is 29.5. The van der Waals surface area contributed by atoms with Gasteiger partial charge >= 0.3 is 0 Å². The molecule has 2 N–H and O–H groups in total. The number of amides is 2. The SMILES string of the molecule is Cc1cc(-c2cc(C(=O)NCc3ccc(NC(=O)C(C)C)cc3)c3c(C)noc3n2)c(C)o1. The summed E-state index contributed by atoms with van der Waals surface area (Å²) < 4.78 is 11.0. The third-order valence-corrected chi connectivity index (χ3v) is 5.38. The van der Waals surface area contributed by atoms with Crippen molar-refractivity contribution in [3.05, 3.63) is 64.7 Å². The molecule has 0 unspecified atom stereocenters. The van der Waals surface area contributed by atoms with Crippen LogP contribution in [0.25, 0.3) is 22.4 Å². The lowest BCUT2D eigenvalue weighted by atomic mass is 10.1. The van der Waals surface area contributed by atoms with E-state index in [1.54, 1.807) is 13.0 Å². The van der Waals surface area contributed by atoms with Crippen LogP contribution >= 0.6 is 0 Å². The van der Waals surface area contributed by atoms with Crippen LogP contribution < -0.4 is 10.6 Å². The van der Waals surface area contributed by atoms with Gasteiger partial charge in [-0.05, 0) is 50.6 Å². The van der Waals surface area contributed by atoms with Crippen molar-refractivity contribution in [3.8, 4) is 11.3 Å². The van der Waals surface area contributed by atoms with Crippen molar-refractivity contribution in [2.24, 2.45) is 5.92 Å². The number of aryl methyl sites for hydroxylation is 3. The van der Waals surface area contributed by atoms with E-state index < -0.39 is 0 Å². The maximum atomic E-state index is 13.2. The molecule has 0 saturated carbocycles. The van der Waals surface area contributed by atoms with Crippen LogP contribution in [0, 0.1) is 26.7 Å².